The molecule has 5 aromatic rings. The average Bonchev–Trinajstić information content (AvgIpc) is 3.95. The molecule has 1 unspecified atom stereocenters. The van der Waals surface area contributed by atoms with Gasteiger partial charge in [-0.15, -0.1) is 0 Å². The van der Waals surface area contributed by atoms with E-state index < -0.39 is 52.2 Å². The van der Waals surface area contributed by atoms with Crippen LogP contribution in [0.3, 0.4) is 0 Å². The summed E-state index contributed by atoms with van der Waals surface area (Å²) in [5, 5.41) is 29.1. The van der Waals surface area contributed by atoms with Crippen LogP contribution in [0.15, 0.2) is 102 Å². The number of ether oxygens (including phenoxy) is 3. The monoisotopic (exact) mass is 972 g/mol. The number of β-amino-alcohol motifs (C(OH)–C–C–N with tert-alkyl or cyclic N) is 1. The summed E-state index contributed by atoms with van der Waals surface area (Å²) in [4.78, 5) is 59.5. The zero-order valence-electron chi connectivity index (χ0n) is 40.8. The van der Waals surface area contributed by atoms with Gasteiger partial charge in [0.25, 0.3) is 5.91 Å². The van der Waals surface area contributed by atoms with Gasteiger partial charge >= 0.3 is 0 Å². The fourth-order valence-corrected chi connectivity index (χ4v) is 9.95. The fraction of sp³-hybridized carbons (Fsp3) is 0.407. The molecule has 1 aliphatic heterocycles. The summed E-state index contributed by atoms with van der Waals surface area (Å²) in [7, 11) is 0. The number of aryl methyl sites for hydroxylation is 1. The quantitative estimate of drug-likeness (QED) is 0.0666. The lowest BCUT2D eigenvalue weighted by Crippen LogP contribution is -2.74. The highest BCUT2D eigenvalue weighted by Crippen LogP contribution is 2.55. The van der Waals surface area contributed by atoms with Gasteiger partial charge in [0, 0.05) is 53.6 Å². The van der Waals surface area contributed by atoms with Gasteiger partial charge in [-0.25, -0.2) is 4.98 Å². The van der Waals surface area contributed by atoms with Gasteiger partial charge in [0.2, 0.25) is 17.7 Å². The average molecular weight is 974 g/mol. The third-order valence-electron chi connectivity index (χ3n) is 13.2. The number of rotatable bonds is 17. The number of aliphatic hydroxyl groups is 1. The molecule has 7 rings (SSSR count). The molecule has 0 bridgehead atoms. The summed E-state index contributed by atoms with van der Waals surface area (Å²) in [6.07, 6.45) is 0.349. The van der Waals surface area contributed by atoms with Crippen molar-refractivity contribution < 1.29 is 42.9 Å². The van der Waals surface area contributed by atoms with Gasteiger partial charge in [0.15, 0.2) is 12.2 Å². The topological polar surface area (TPSA) is 205 Å². The van der Waals surface area contributed by atoms with E-state index in [9.17, 15) is 29.5 Å². The number of aliphatic hydroxyl groups excluding tert-OH is 1. The van der Waals surface area contributed by atoms with Crippen LogP contribution in [0.4, 0.5) is 0 Å². The first kappa shape index (κ1) is 51.1. The van der Waals surface area contributed by atoms with Crippen LogP contribution in [-0.4, -0.2) is 95.3 Å². The number of carbonyl (C=O) groups excluding carboxylic acids is 4. The Morgan fingerprint density at radius 1 is 0.914 bits per heavy atom. The smallest absolute Gasteiger partial charge is 0.251 e. The number of benzene rings is 4. The Balaban J connectivity index is 0.839. The van der Waals surface area contributed by atoms with Gasteiger partial charge in [-0.05, 0) is 65.4 Å². The van der Waals surface area contributed by atoms with E-state index in [-0.39, 0.29) is 57.4 Å². The maximum Gasteiger partial charge on any atom is 0.251 e. The number of nitrogens with zero attached hydrogens (tertiary/aromatic N) is 3. The number of carbonyl (C=O) groups is 4. The number of amides is 4. The van der Waals surface area contributed by atoms with Crippen LogP contribution in [0, 0.1) is 34.5 Å². The van der Waals surface area contributed by atoms with Crippen LogP contribution in [0.2, 0.25) is 5.02 Å². The summed E-state index contributed by atoms with van der Waals surface area (Å²) in [5.74, 6) is 0.282. The number of hydrogen-bond donors (Lipinski definition) is 4. The lowest BCUT2D eigenvalue weighted by Gasteiger charge is -2.63. The van der Waals surface area contributed by atoms with Crippen LogP contribution in [0.25, 0.3) is 22.5 Å². The maximum atomic E-state index is 14.0. The Labute approximate surface area is 413 Å². The summed E-state index contributed by atoms with van der Waals surface area (Å²) in [6.45, 7) is 15.7. The summed E-state index contributed by atoms with van der Waals surface area (Å²) >= 11 is 6.25. The number of halogens is 1. The first-order valence-electron chi connectivity index (χ1n) is 23.3. The minimum absolute atomic E-state index is 0.0401. The first-order chi connectivity index (χ1) is 33.2. The molecule has 0 radical (unpaired) electrons. The Bertz CT molecular complexity index is 2710. The minimum atomic E-state index is -0.996. The SMILES string of the molecule is Cc1ncoc1-c1ccc(CNC(=O)[C@@H]2C[C@@H](O)CN2C(=O)C(NC(=O)COCCOc2ccc(-c3ccc(C(=O)NC4C(C)(C)C(Oc5ccc(C#N)c(Cl)c5)C4(C)C)cc3)cc2)C(C)(C)C)cc1. The molecule has 4 aromatic carbocycles. The second-order valence-corrected chi connectivity index (χ2v) is 20.7. The predicted octanol–water partition coefficient (Wildman–Crippen LogP) is 7.66. The molecule has 1 aliphatic carbocycles. The zero-order valence-corrected chi connectivity index (χ0v) is 41.6. The van der Waals surface area contributed by atoms with Gasteiger partial charge in [0.1, 0.15) is 49.0 Å². The van der Waals surface area contributed by atoms with Crippen LogP contribution < -0.4 is 25.4 Å². The van der Waals surface area contributed by atoms with Gasteiger partial charge in [-0.3, -0.25) is 19.2 Å². The molecule has 1 saturated heterocycles. The molecule has 368 valence electrons. The molecule has 16 heteroatoms. The second kappa shape index (κ2) is 21.1. The van der Waals surface area contributed by atoms with Crippen molar-refractivity contribution in [3.63, 3.8) is 0 Å². The standard InChI is InChI=1S/C54H61ClN6O9/c1-32-45(69-31-58-32)36-11-9-33(10-12-36)28-57-48(65)43-25-39(62)29-61(43)49(66)46(52(2,3)4)59-44(63)30-67-23-24-68-40-20-17-35(18-21-40)34-13-15-37(16-14-34)47(64)60-50-53(5,6)51(54(50,7)8)70-41-22-19-38(27-56)42(55)26-41/h9-22,26,31,39,43,46,50-51,62H,23-25,28-30H2,1-8H3,(H,57,65)(H,59,63)(H,60,64)/t39-,43+,46?,50?,51?/m1/s1. The highest BCUT2D eigenvalue weighted by atomic mass is 35.5. The van der Waals surface area contributed by atoms with E-state index in [1.807, 2.05) is 88.4 Å². The zero-order chi connectivity index (χ0) is 50.5. The molecule has 2 fully saturated rings. The second-order valence-electron chi connectivity index (χ2n) is 20.2. The minimum Gasteiger partial charge on any atom is -0.491 e. The number of oxazole rings is 1. The van der Waals surface area contributed by atoms with Gasteiger partial charge in [-0.1, -0.05) is 109 Å². The largest absolute Gasteiger partial charge is 0.491 e. The Morgan fingerprint density at radius 3 is 2.14 bits per heavy atom. The third kappa shape index (κ3) is 11.5. The number of hydrogen-bond acceptors (Lipinski definition) is 11. The van der Waals surface area contributed by atoms with Crippen molar-refractivity contribution in [1.29, 1.82) is 5.26 Å². The van der Waals surface area contributed by atoms with E-state index in [2.05, 4.69) is 54.7 Å². The number of likely N-dealkylation sites (tertiary alicyclic amines) is 1. The normalized spacial score (nSPS) is 19.5. The first-order valence-corrected chi connectivity index (χ1v) is 23.7. The number of aromatic nitrogens is 1. The molecular weight excluding hydrogens is 912 g/mol. The fourth-order valence-electron chi connectivity index (χ4n) is 9.73. The van der Waals surface area contributed by atoms with E-state index in [0.29, 0.717) is 33.4 Å². The third-order valence-corrected chi connectivity index (χ3v) is 13.5. The predicted molar refractivity (Wildman–Crippen MR) is 264 cm³/mol. The van der Waals surface area contributed by atoms with Crippen molar-refractivity contribution in [3.05, 3.63) is 125 Å². The molecule has 15 nitrogen and oxygen atoms in total. The van der Waals surface area contributed by atoms with Crippen molar-refractivity contribution in [2.75, 3.05) is 26.4 Å². The molecule has 4 N–H and O–H groups in total. The van der Waals surface area contributed by atoms with Gasteiger partial charge < -0.3 is 44.6 Å². The van der Waals surface area contributed by atoms with Crippen molar-refractivity contribution in [2.24, 2.45) is 16.2 Å². The Kier molecular flexibility index (Phi) is 15.4. The molecule has 2 heterocycles. The summed E-state index contributed by atoms with van der Waals surface area (Å²) in [5.41, 5.74) is 3.70. The highest BCUT2D eigenvalue weighted by Gasteiger charge is 2.64. The van der Waals surface area contributed by atoms with Gasteiger partial charge in [0.05, 0.1) is 29.0 Å². The Hall–Kier alpha value is -6.73. The van der Waals surface area contributed by atoms with Crippen LogP contribution in [0.5, 0.6) is 11.5 Å². The van der Waals surface area contributed by atoms with E-state index in [1.54, 1.807) is 30.3 Å². The van der Waals surface area contributed by atoms with E-state index in [4.69, 9.17) is 30.2 Å². The molecule has 4 amide bonds. The molecule has 0 spiro atoms. The van der Waals surface area contributed by atoms with Crippen molar-refractivity contribution in [3.8, 4) is 40.0 Å². The summed E-state index contributed by atoms with van der Waals surface area (Å²) in [6, 6.07) is 27.4. The number of nitriles is 1. The molecule has 70 heavy (non-hydrogen) atoms. The highest BCUT2D eigenvalue weighted by molar-refractivity contribution is 6.31. The number of nitrogens with one attached hydrogen (secondary N) is 3. The van der Waals surface area contributed by atoms with Crippen LogP contribution >= 0.6 is 11.6 Å². The summed E-state index contributed by atoms with van der Waals surface area (Å²) < 4.78 is 23.3. The Morgan fingerprint density at radius 2 is 1.54 bits per heavy atom. The van der Waals surface area contributed by atoms with Crippen LogP contribution in [0.1, 0.15) is 82.1 Å². The molecule has 1 saturated carbocycles. The molecule has 2 aliphatic rings. The van der Waals surface area contributed by atoms with Gasteiger partial charge in [-0.2, -0.15) is 5.26 Å². The molecule has 1 aromatic heterocycles. The van der Waals surface area contributed by atoms with E-state index in [1.165, 1.54) is 11.3 Å². The lowest BCUT2D eigenvalue weighted by atomic mass is 9.49. The lowest BCUT2D eigenvalue weighted by molar-refractivity contribution is -0.164. The molecular formula is C54H61ClN6O9. The maximum absolute atomic E-state index is 14.0. The van der Waals surface area contributed by atoms with Crippen molar-refractivity contribution >= 4 is 35.2 Å². The molecule has 3 atom stereocenters. The van der Waals surface area contributed by atoms with Crippen molar-refractivity contribution in [2.45, 2.75) is 98.7 Å². The van der Waals surface area contributed by atoms with E-state index in [0.717, 1.165) is 27.9 Å². The van der Waals surface area contributed by atoms with Crippen molar-refractivity contribution in [1.82, 2.24) is 25.8 Å². The van der Waals surface area contributed by atoms with E-state index >= 15 is 0 Å². The van der Waals surface area contributed by atoms with Crippen LogP contribution in [-0.2, 0) is 25.7 Å².